The molecular formula is C15H13NPS2W+. The molecule has 0 atom stereocenters. The summed E-state index contributed by atoms with van der Waals surface area (Å²) in [6.07, 6.45) is 0. The largest absolute Gasteiger partial charge is 0.198 e. The van der Waals surface area contributed by atoms with Crippen molar-refractivity contribution in [2.45, 2.75) is 0 Å². The molecule has 0 bridgehead atoms. The summed E-state index contributed by atoms with van der Waals surface area (Å²) >= 11 is 7.05. The van der Waals surface area contributed by atoms with Crippen LogP contribution in [0.3, 0.4) is 0 Å². The summed E-state index contributed by atoms with van der Waals surface area (Å²) in [7, 11) is -1.11. The fraction of sp³-hybridized carbons (Fsp3) is 0.0667. The molecule has 2 rings (SSSR count). The van der Waals surface area contributed by atoms with Gasteiger partial charge in [-0.05, 0) is 36.5 Å². The second kappa shape index (κ2) is 9.43. The Bertz CT molecular complexity index is 544. The van der Waals surface area contributed by atoms with Crippen molar-refractivity contribution in [1.29, 1.82) is 5.26 Å². The smallest absolute Gasteiger partial charge is 0.197 e. The quantitative estimate of drug-likeness (QED) is 0.490. The summed E-state index contributed by atoms with van der Waals surface area (Å²) in [6, 6.07) is 22.8. The van der Waals surface area contributed by atoms with Gasteiger partial charge in [0.1, 0.15) is 18.5 Å². The van der Waals surface area contributed by atoms with Crippen molar-refractivity contribution in [2.24, 2.45) is 0 Å². The van der Waals surface area contributed by atoms with Crippen LogP contribution < -0.4 is 10.6 Å². The zero-order chi connectivity index (χ0) is 13.5. The third-order valence-electron chi connectivity index (χ3n) is 2.60. The number of thiocarbonyl (C=S) groups is 1. The van der Waals surface area contributed by atoms with Gasteiger partial charge in [-0.3, -0.25) is 0 Å². The Hall–Kier alpha value is -0.512. The third-order valence-corrected chi connectivity index (χ3v) is 7.37. The second-order valence-corrected chi connectivity index (χ2v) is 8.62. The molecule has 1 nitrogen and oxygen atoms in total. The van der Waals surface area contributed by atoms with Crippen molar-refractivity contribution < 1.29 is 21.1 Å². The van der Waals surface area contributed by atoms with E-state index in [-0.39, 0.29) is 21.1 Å². The Kier molecular flexibility index (Phi) is 8.27. The Morgan fingerprint density at radius 1 is 1.00 bits per heavy atom. The van der Waals surface area contributed by atoms with Crippen LogP contribution in [0, 0.1) is 11.3 Å². The molecule has 0 heterocycles. The Morgan fingerprint density at radius 2 is 1.45 bits per heavy atom. The molecule has 2 aromatic carbocycles. The fourth-order valence-corrected chi connectivity index (χ4v) is 6.22. The summed E-state index contributed by atoms with van der Waals surface area (Å²) < 4.78 is 0.948. The minimum absolute atomic E-state index is 0. The number of nitriles is 1. The SMILES string of the molecule is N#CCSC(=S)[PH+](c1ccccc1)c1ccccc1.[W]. The van der Waals surface area contributed by atoms with Crippen molar-refractivity contribution >= 4 is 46.4 Å². The number of thioether (sulfide) groups is 1. The molecule has 0 amide bonds. The van der Waals surface area contributed by atoms with Crippen LogP contribution in [0.4, 0.5) is 0 Å². The van der Waals surface area contributed by atoms with Crippen molar-refractivity contribution in [3.63, 3.8) is 0 Å². The van der Waals surface area contributed by atoms with Gasteiger partial charge < -0.3 is 0 Å². The molecule has 100 valence electrons. The van der Waals surface area contributed by atoms with E-state index in [9.17, 15) is 0 Å². The van der Waals surface area contributed by atoms with E-state index in [1.165, 1.54) is 22.4 Å². The molecule has 0 saturated carbocycles. The number of rotatable bonds is 4. The van der Waals surface area contributed by atoms with Gasteiger partial charge in [-0.1, -0.05) is 48.2 Å². The summed E-state index contributed by atoms with van der Waals surface area (Å²) in [5, 5.41) is 11.3. The van der Waals surface area contributed by atoms with Crippen LogP contribution >= 0.6 is 31.9 Å². The van der Waals surface area contributed by atoms with Crippen LogP contribution in [0.5, 0.6) is 0 Å². The summed E-state index contributed by atoms with van der Waals surface area (Å²) in [6.45, 7) is 0. The van der Waals surface area contributed by atoms with Crippen molar-refractivity contribution in [3.05, 3.63) is 60.7 Å². The van der Waals surface area contributed by atoms with E-state index in [1.54, 1.807) is 0 Å². The average Bonchev–Trinajstić information content (AvgIpc) is 2.47. The van der Waals surface area contributed by atoms with E-state index >= 15 is 0 Å². The molecule has 2 aromatic rings. The molecule has 0 unspecified atom stereocenters. The first kappa shape index (κ1) is 17.5. The second-order valence-electron chi connectivity index (χ2n) is 3.84. The van der Waals surface area contributed by atoms with Gasteiger partial charge in [0, 0.05) is 21.1 Å². The Morgan fingerprint density at radius 3 is 1.85 bits per heavy atom. The van der Waals surface area contributed by atoms with E-state index in [0.29, 0.717) is 5.75 Å². The molecule has 0 radical (unpaired) electrons. The number of benzene rings is 2. The molecule has 0 spiro atoms. The van der Waals surface area contributed by atoms with Crippen molar-refractivity contribution in [2.75, 3.05) is 5.75 Å². The first-order valence-electron chi connectivity index (χ1n) is 5.85. The van der Waals surface area contributed by atoms with Crippen LogP contribution in [-0.2, 0) is 21.1 Å². The van der Waals surface area contributed by atoms with Gasteiger partial charge in [0.05, 0.1) is 11.8 Å². The van der Waals surface area contributed by atoms with E-state index in [0.717, 1.165) is 3.94 Å². The van der Waals surface area contributed by atoms with Crippen LogP contribution in [0.25, 0.3) is 0 Å². The Labute approximate surface area is 144 Å². The van der Waals surface area contributed by atoms with Crippen LogP contribution in [-0.4, -0.2) is 9.69 Å². The molecular weight excluding hydrogens is 473 g/mol. The van der Waals surface area contributed by atoms with E-state index in [2.05, 4.69) is 30.3 Å². The van der Waals surface area contributed by atoms with Crippen molar-refractivity contribution in [3.8, 4) is 6.07 Å². The maximum absolute atomic E-state index is 8.72. The molecule has 0 aliphatic heterocycles. The predicted molar refractivity (Wildman–Crippen MR) is 91.1 cm³/mol. The van der Waals surface area contributed by atoms with Crippen LogP contribution in [0.2, 0.25) is 0 Å². The van der Waals surface area contributed by atoms with Gasteiger partial charge in [0.25, 0.3) is 0 Å². The molecule has 0 aliphatic carbocycles. The first-order valence-corrected chi connectivity index (χ1v) is 8.74. The monoisotopic (exact) mass is 486 g/mol. The van der Waals surface area contributed by atoms with E-state index in [4.69, 9.17) is 17.5 Å². The molecule has 0 N–H and O–H groups in total. The molecule has 0 aromatic heterocycles. The third kappa shape index (κ3) is 4.80. The summed E-state index contributed by atoms with van der Waals surface area (Å²) in [4.78, 5) is 0. The maximum atomic E-state index is 8.72. The minimum Gasteiger partial charge on any atom is -0.197 e. The first-order chi connectivity index (χ1) is 9.33. The number of hydrogen-bond acceptors (Lipinski definition) is 3. The van der Waals surface area contributed by atoms with Gasteiger partial charge in [-0.25, -0.2) is 0 Å². The van der Waals surface area contributed by atoms with Crippen LogP contribution in [0.15, 0.2) is 60.7 Å². The van der Waals surface area contributed by atoms with Crippen LogP contribution in [0.1, 0.15) is 0 Å². The molecule has 20 heavy (non-hydrogen) atoms. The maximum Gasteiger partial charge on any atom is 0.198 e. The normalized spacial score (nSPS) is 9.60. The molecule has 0 saturated heterocycles. The number of hydrogen-bond donors (Lipinski definition) is 0. The zero-order valence-corrected chi connectivity index (χ0v) is 16.2. The zero-order valence-electron chi connectivity index (χ0n) is 10.7. The molecule has 5 heteroatoms. The average molecular weight is 486 g/mol. The summed E-state index contributed by atoms with van der Waals surface area (Å²) in [5.41, 5.74) is 0. The summed E-state index contributed by atoms with van der Waals surface area (Å²) in [5.74, 6) is 0.423. The van der Waals surface area contributed by atoms with Gasteiger partial charge >= 0.3 is 0 Å². The predicted octanol–water partition coefficient (Wildman–Crippen LogP) is 3.39. The van der Waals surface area contributed by atoms with E-state index < -0.39 is 7.92 Å². The van der Waals surface area contributed by atoms with Gasteiger partial charge in [0.15, 0.2) is 3.94 Å². The number of nitrogens with zero attached hydrogens (tertiary/aromatic N) is 1. The Balaban J connectivity index is 0.00000200. The van der Waals surface area contributed by atoms with Gasteiger partial charge in [-0.15, -0.1) is 0 Å². The standard InChI is InChI=1S/C15H12NPS2.W/c16-11-12-19-15(18)17(13-7-3-1-4-8-13)14-9-5-2-6-10-14;/h1-10H,12H2;/p+1. The van der Waals surface area contributed by atoms with E-state index in [1.807, 2.05) is 36.4 Å². The topological polar surface area (TPSA) is 23.8 Å². The molecule has 0 fully saturated rings. The van der Waals surface area contributed by atoms with Gasteiger partial charge in [-0.2, -0.15) is 5.26 Å². The fourth-order valence-electron chi connectivity index (χ4n) is 1.78. The molecule has 0 aliphatic rings. The van der Waals surface area contributed by atoms with Gasteiger partial charge in [0.2, 0.25) is 0 Å². The minimum atomic E-state index is -1.11. The van der Waals surface area contributed by atoms with Crippen molar-refractivity contribution in [1.82, 2.24) is 0 Å².